The molecule has 2 rings (SSSR count). The van der Waals surface area contributed by atoms with Crippen molar-refractivity contribution >= 4 is 17.2 Å². The lowest BCUT2D eigenvalue weighted by molar-refractivity contribution is -0.128. The SMILES string of the molecule is CC1CC(=O)N(Cc2cc(C#CCO)cs2)C1. The van der Waals surface area contributed by atoms with Gasteiger partial charge in [-0.1, -0.05) is 18.8 Å². The summed E-state index contributed by atoms with van der Waals surface area (Å²) in [5, 5.41) is 10.6. The fourth-order valence-corrected chi connectivity index (χ4v) is 2.81. The highest BCUT2D eigenvalue weighted by molar-refractivity contribution is 7.10. The van der Waals surface area contributed by atoms with Crippen molar-refractivity contribution in [2.24, 2.45) is 5.92 Å². The number of rotatable bonds is 2. The van der Waals surface area contributed by atoms with Crippen LogP contribution in [-0.4, -0.2) is 29.1 Å². The summed E-state index contributed by atoms with van der Waals surface area (Å²) in [6.45, 7) is 3.53. The number of hydrogen-bond acceptors (Lipinski definition) is 3. The van der Waals surface area contributed by atoms with E-state index in [9.17, 15) is 4.79 Å². The minimum absolute atomic E-state index is 0.118. The van der Waals surface area contributed by atoms with E-state index in [1.807, 2.05) is 16.3 Å². The molecule has 90 valence electrons. The van der Waals surface area contributed by atoms with Crippen molar-refractivity contribution in [3.05, 3.63) is 21.9 Å². The molecule has 17 heavy (non-hydrogen) atoms. The van der Waals surface area contributed by atoms with Crippen LogP contribution in [0, 0.1) is 17.8 Å². The first-order chi connectivity index (χ1) is 8.19. The molecule has 3 nitrogen and oxygen atoms in total. The Kier molecular flexibility index (Phi) is 3.82. The number of carbonyl (C=O) groups is 1. The molecule has 1 N–H and O–H groups in total. The molecular weight excluding hydrogens is 234 g/mol. The normalized spacial score (nSPS) is 19.3. The summed E-state index contributed by atoms with van der Waals surface area (Å²) in [5.74, 6) is 6.20. The van der Waals surface area contributed by atoms with E-state index >= 15 is 0 Å². The molecule has 1 fully saturated rings. The number of carbonyl (C=O) groups excluding carboxylic acids is 1. The number of thiophene rings is 1. The van der Waals surface area contributed by atoms with Crippen molar-refractivity contribution in [3.63, 3.8) is 0 Å². The summed E-state index contributed by atoms with van der Waals surface area (Å²) in [6, 6.07) is 1.99. The topological polar surface area (TPSA) is 40.5 Å². The van der Waals surface area contributed by atoms with Gasteiger partial charge >= 0.3 is 0 Å². The molecule has 1 aromatic heterocycles. The van der Waals surface area contributed by atoms with Gasteiger partial charge in [0.05, 0.1) is 6.54 Å². The molecule has 2 heterocycles. The minimum atomic E-state index is -0.118. The van der Waals surface area contributed by atoms with Gasteiger partial charge in [-0.2, -0.15) is 0 Å². The van der Waals surface area contributed by atoms with Crippen molar-refractivity contribution in [1.82, 2.24) is 4.90 Å². The van der Waals surface area contributed by atoms with Gasteiger partial charge < -0.3 is 10.0 Å². The lowest BCUT2D eigenvalue weighted by Gasteiger charge is -2.14. The molecule has 1 saturated heterocycles. The van der Waals surface area contributed by atoms with Gasteiger partial charge in [0.25, 0.3) is 0 Å². The molecule has 0 radical (unpaired) electrons. The monoisotopic (exact) mass is 249 g/mol. The first kappa shape index (κ1) is 12.2. The van der Waals surface area contributed by atoms with E-state index in [1.165, 1.54) is 0 Å². The molecule has 0 aliphatic carbocycles. The lowest BCUT2D eigenvalue weighted by Crippen LogP contribution is -2.23. The Hall–Kier alpha value is -1.31. The highest BCUT2D eigenvalue weighted by atomic mass is 32.1. The molecule has 0 aromatic carbocycles. The van der Waals surface area contributed by atoms with Crippen LogP contribution < -0.4 is 0 Å². The lowest BCUT2D eigenvalue weighted by atomic mass is 10.2. The molecule has 1 unspecified atom stereocenters. The van der Waals surface area contributed by atoms with E-state index in [4.69, 9.17) is 5.11 Å². The predicted octanol–water partition coefficient (Wildman–Crippen LogP) is 1.46. The second-order valence-corrected chi connectivity index (χ2v) is 5.34. The van der Waals surface area contributed by atoms with Crippen molar-refractivity contribution in [3.8, 4) is 11.8 Å². The zero-order valence-corrected chi connectivity index (χ0v) is 10.6. The van der Waals surface area contributed by atoms with Gasteiger partial charge in [0.2, 0.25) is 5.91 Å². The van der Waals surface area contributed by atoms with Gasteiger partial charge in [0.15, 0.2) is 0 Å². The molecule has 1 amide bonds. The summed E-state index contributed by atoms with van der Waals surface area (Å²) in [4.78, 5) is 14.7. The van der Waals surface area contributed by atoms with Crippen LogP contribution in [0.5, 0.6) is 0 Å². The third-order valence-corrected chi connectivity index (χ3v) is 3.64. The standard InChI is InChI=1S/C13H15NO2S/c1-10-5-13(16)14(7-10)8-12-6-11(9-17-12)3-2-4-15/h6,9-10,15H,4-5,7-8H2,1H3. The molecule has 1 atom stereocenters. The largest absolute Gasteiger partial charge is 0.384 e. The van der Waals surface area contributed by atoms with E-state index in [0.29, 0.717) is 18.9 Å². The Balaban J connectivity index is 1.99. The Labute approximate surface area is 105 Å². The van der Waals surface area contributed by atoms with Gasteiger partial charge in [-0.3, -0.25) is 4.79 Å². The fraction of sp³-hybridized carbons (Fsp3) is 0.462. The van der Waals surface area contributed by atoms with Crippen LogP contribution >= 0.6 is 11.3 Å². The molecule has 4 heteroatoms. The summed E-state index contributed by atoms with van der Waals surface area (Å²) in [7, 11) is 0. The van der Waals surface area contributed by atoms with E-state index < -0.39 is 0 Å². The maximum absolute atomic E-state index is 11.6. The van der Waals surface area contributed by atoms with Gasteiger partial charge in [-0.25, -0.2) is 0 Å². The smallest absolute Gasteiger partial charge is 0.223 e. The minimum Gasteiger partial charge on any atom is -0.384 e. The Bertz CT molecular complexity index is 469. The van der Waals surface area contributed by atoms with Crippen molar-refractivity contribution in [2.45, 2.75) is 19.9 Å². The van der Waals surface area contributed by atoms with E-state index in [-0.39, 0.29) is 12.5 Å². The Morgan fingerprint density at radius 1 is 1.65 bits per heavy atom. The Morgan fingerprint density at radius 3 is 3.12 bits per heavy atom. The first-order valence-corrected chi connectivity index (χ1v) is 6.52. The molecule has 0 saturated carbocycles. The van der Waals surface area contributed by atoms with Crippen LogP contribution in [0.3, 0.4) is 0 Å². The summed E-state index contributed by atoms with van der Waals surface area (Å²) in [5.41, 5.74) is 0.916. The molecular formula is C13H15NO2S. The van der Waals surface area contributed by atoms with Gasteiger partial charge in [-0.15, -0.1) is 11.3 Å². The fourth-order valence-electron chi connectivity index (χ4n) is 1.98. The van der Waals surface area contributed by atoms with E-state index in [2.05, 4.69) is 18.8 Å². The maximum atomic E-state index is 11.6. The average Bonchev–Trinajstić information content (AvgIpc) is 2.84. The number of amides is 1. The quantitative estimate of drug-likeness (QED) is 0.806. The maximum Gasteiger partial charge on any atom is 0.223 e. The van der Waals surface area contributed by atoms with Crippen LogP contribution in [0.15, 0.2) is 11.4 Å². The predicted molar refractivity (Wildman–Crippen MR) is 67.5 cm³/mol. The van der Waals surface area contributed by atoms with Crippen molar-refractivity contribution in [1.29, 1.82) is 0 Å². The van der Waals surface area contributed by atoms with Crippen LogP contribution in [0.2, 0.25) is 0 Å². The molecule has 1 aliphatic heterocycles. The van der Waals surface area contributed by atoms with E-state index in [1.54, 1.807) is 11.3 Å². The zero-order valence-electron chi connectivity index (χ0n) is 9.77. The molecule has 1 aliphatic rings. The van der Waals surface area contributed by atoms with Crippen LogP contribution in [0.25, 0.3) is 0 Å². The van der Waals surface area contributed by atoms with Gasteiger partial charge in [0, 0.05) is 28.8 Å². The van der Waals surface area contributed by atoms with E-state index in [0.717, 1.165) is 17.0 Å². The van der Waals surface area contributed by atoms with Gasteiger partial charge in [0.1, 0.15) is 6.61 Å². The first-order valence-electron chi connectivity index (χ1n) is 5.64. The summed E-state index contributed by atoms with van der Waals surface area (Å²) in [6.07, 6.45) is 0.669. The molecule has 0 spiro atoms. The van der Waals surface area contributed by atoms with Crippen molar-refractivity contribution < 1.29 is 9.90 Å². The number of hydrogen-bond donors (Lipinski definition) is 1. The Morgan fingerprint density at radius 2 is 2.47 bits per heavy atom. The number of aliphatic hydroxyl groups excluding tert-OH is 1. The summed E-state index contributed by atoms with van der Waals surface area (Å²) >= 11 is 1.61. The van der Waals surface area contributed by atoms with Crippen LogP contribution in [0.4, 0.5) is 0 Å². The number of aliphatic hydroxyl groups is 1. The van der Waals surface area contributed by atoms with Crippen LogP contribution in [0.1, 0.15) is 23.8 Å². The van der Waals surface area contributed by atoms with Crippen LogP contribution in [-0.2, 0) is 11.3 Å². The second kappa shape index (κ2) is 5.35. The molecule has 1 aromatic rings. The third kappa shape index (κ3) is 3.09. The number of nitrogens with zero attached hydrogens (tertiary/aromatic N) is 1. The third-order valence-electron chi connectivity index (χ3n) is 2.72. The zero-order chi connectivity index (χ0) is 12.3. The highest BCUT2D eigenvalue weighted by Crippen LogP contribution is 2.22. The van der Waals surface area contributed by atoms with Gasteiger partial charge in [-0.05, 0) is 12.0 Å². The number of likely N-dealkylation sites (tertiary alicyclic amines) is 1. The van der Waals surface area contributed by atoms with Crippen molar-refractivity contribution in [2.75, 3.05) is 13.2 Å². The highest BCUT2D eigenvalue weighted by Gasteiger charge is 2.26. The summed E-state index contributed by atoms with van der Waals surface area (Å²) < 4.78 is 0. The molecule has 0 bridgehead atoms. The second-order valence-electron chi connectivity index (χ2n) is 4.35. The average molecular weight is 249 g/mol.